The maximum Gasteiger partial charge on any atom is 0.263 e. The molecule has 1 heterocycles. The Balaban J connectivity index is 2.06. The lowest BCUT2D eigenvalue weighted by molar-refractivity contribution is 0.403. The number of nitrogens with one attached hydrogen (secondary N) is 1. The van der Waals surface area contributed by atoms with Gasteiger partial charge in [-0.05, 0) is 23.8 Å². The summed E-state index contributed by atoms with van der Waals surface area (Å²) in [6, 6.07) is 4.32. The van der Waals surface area contributed by atoms with Crippen molar-refractivity contribution >= 4 is 12.2 Å². The lowest BCUT2D eigenvalue weighted by atomic mass is 10.2. The van der Waals surface area contributed by atoms with E-state index in [4.69, 9.17) is 10.9 Å². The molecular weight excluding hydrogens is 224 g/mol. The first kappa shape index (κ1) is 10.7. The third-order valence-electron chi connectivity index (χ3n) is 1.95. The maximum atomic E-state index is 9.25. The van der Waals surface area contributed by atoms with Crippen molar-refractivity contribution in [1.29, 1.82) is 0 Å². The first-order valence-electron chi connectivity index (χ1n) is 4.63. The van der Waals surface area contributed by atoms with Gasteiger partial charge in [0, 0.05) is 0 Å². The number of nitrogens with two attached hydrogens (primary N) is 1. The third-order valence-corrected chi connectivity index (χ3v) is 1.95. The van der Waals surface area contributed by atoms with Crippen LogP contribution in [-0.4, -0.2) is 31.3 Å². The predicted octanol–water partition coefficient (Wildman–Crippen LogP) is -0.151. The van der Waals surface area contributed by atoms with Gasteiger partial charge < -0.3 is 16.1 Å². The Morgan fingerprint density at radius 2 is 2.18 bits per heavy atom. The van der Waals surface area contributed by atoms with E-state index in [0.29, 0.717) is 5.56 Å². The number of aromatic hydroxyl groups is 2. The van der Waals surface area contributed by atoms with E-state index in [1.165, 1.54) is 29.4 Å². The van der Waals surface area contributed by atoms with Crippen LogP contribution >= 0.6 is 0 Å². The van der Waals surface area contributed by atoms with E-state index in [-0.39, 0.29) is 17.4 Å². The average molecular weight is 234 g/mol. The van der Waals surface area contributed by atoms with Crippen LogP contribution in [0.1, 0.15) is 5.56 Å². The molecule has 2 aromatic rings. The van der Waals surface area contributed by atoms with Crippen LogP contribution in [0.5, 0.6) is 11.5 Å². The number of benzene rings is 1. The smallest absolute Gasteiger partial charge is 0.263 e. The molecule has 0 bridgehead atoms. The minimum absolute atomic E-state index is 0.184. The fourth-order valence-electron chi connectivity index (χ4n) is 1.11. The SMILES string of the molecule is Nn1cnnc1N/N=C/c1ccc(O)c(O)c1. The number of hydrogen-bond acceptors (Lipinski definition) is 7. The lowest BCUT2D eigenvalue weighted by Gasteiger charge is -1.99. The number of nitrogens with zero attached hydrogens (tertiary/aromatic N) is 4. The molecule has 1 aromatic heterocycles. The molecule has 8 heteroatoms. The van der Waals surface area contributed by atoms with Crippen LogP contribution in [0.25, 0.3) is 0 Å². The van der Waals surface area contributed by atoms with Gasteiger partial charge in [-0.2, -0.15) is 5.10 Å². The molecular formula is C9H10N6O2. The molecule has 0 spiro atoms. The number of nitrogen functional groups attached to an aromatic ring is 1. The van der Waals surface area contributed by atoms with E-state index in [0.717, 1.165) is 0 Å². The minimum atomic E-state index is -0.212. The molecule has 0 aliphatic carbocycles. The summed E-state index contributed by atoms with van der Waals surface area (Å²) in [7, 11) is 0. The summed E-state index contributed by atoms with van der Waals surface area (Å²) in [6.45, 7) is 0. The number of phenolic OH excluding ortho intramolecular Hbond substituents is 2. The number of phenols is 2. The van der Waals surface area contributed by atoms with Crippen molar-refractivity contribution in [2.24, 2.45) is 5.10 Å². The summed E-state index contributed by atoms with van der Waals surface area (Å²) < 4.78 is 1.17. The largest absolute Gasteiger partial charge is 0.504 e. The maximum absolute atomic E-state index is 9.25. The molecule has 5 N–H and O–H groups in total. The Morgan fingerprint density at radius 1 is 1.35 bits per heavy atom. The van der Waals surface area contributed by atoms with Gasteiger partial charge in [-0.15, -0.1) is 10.2 Å². The van der Waals surface area contributed by atoms with Crippen LogP contribution in [0.15, 0.2) is 29.6 Å². The Hall–Kier alpha value is -2.77. The molecule has 0 fully saturated rings. The Bertz CT molecular complexity index is 550. The van der Waals surface area contributed by atoms with Crippen LogP contribution in [-0.2, 0) is 0 Å². The monoisotopic (exact) mass is 234 g/mol. The van der Waals surface area contributed by atoms with Crippen molar-refractivity contribution < 1.29 is 10.2 Å². The number of anilines is 1. The number of hydrogen-bond donors (Lipinski definition) is 4. The molecule has 0 unspecified atom stereocenters. The highest BCUT2D eigenvalue weighted by Gasteiger charge is 1.99. The fraction of sp³-hybridized carbons (Fsp3) is 0. The van der Waals surface area contributed by atoms with Crippen LogP contribution in [0.4, 0.5) is 5.95 Å². The second kappa shape index (κ2) is 4.39. The second-order valence-corrected chi connectivity index (χ2v) is 3.18. The van der Waals surface area contributed by atoms with Crippen molar-refractivity contribution in [2.45, 2.75) is 0 Å². The Labute approximate surface area is 96.0 Å². The van der Waals surface area contributed by atoms with Gasteiger partial charge in [0.05, 0.1) is 6.21 Å². The van der Waals surface area contributed by atoms with Crippen molar-refractivity contribution in [3.8, 4) is 11.5 Å². The molecule has 1 aromatic carbocycles. The zero-order valence-corrected chi connectivity index (χ0v) is 8.65. The molecule has 0 saturated carbocycles. The minimum Gasteiger partial charge on any atom is -0.504 e. The van der Waals surface area contributed by atoms with Gasteiger partial charge in [-0.1, -0.05) is 0 Å². The van der Waals surface area contributed by atoms with E-state index in [1.54, 1.807) is 6.07 Å². The van der Waals surface area contributed by atoms with Crippen molar-refractivity contribution in [2.75, 3.05) is 11.3 Å². The summed E-state index contributed by atoms with van der Waals surface area (Å²) in [5.41, 5.74) is 3.17. The molecule has 17 heavy (non-hydrogen) atoms. The van der Waals surface area contributed by atoms with Gasteiger partial charge in [-0.25, -0.2) is 10.1 Å². The third kappa shape index (κ3) is 2.43. The number of hydrazone groups is 1. The van der Waals surface area contributed by atoms with E-state index < -0.39 is 0 Å². The molecule has 8 nitrogen and oxygen atoms in total. The summed E-state index contributed by atoms with van der Waals surface area (Å²) in [5, 5.41) is 29.4. The zero-order chi connectivity index (χ0) is 12.3. The lowest BCUT2D eigenvalue weighted by Crippen LogP contribution is -2.10. The quantitative estimate of drug-likeness (QED) is 0.253. The van der Waals surface area contributed by atoms with Gasteiger partial charge in [0.15, 0.2) is 11.5 Å². The summed E-state index contributed by atoms with van der Waals surface area (Å²) in [4.78, 5) is 0. The molecule has 0 saturated heterocycles. The van der Waals surface area contributed by atoms with E-state index in [2.05, 4.69) is 20.7 Å². The van der Waals surface area contributed by atoms with Gasteiger partial charge >= 0.3 is 0 Å². The normalized spacial score (nSPS) is 10.8. The van der Waals surface area contributed by atoms with E-state index in [9.17, 15) is 5.11 Å². The van der Waals surface area contributed by atoms with Gasteiger partial charge in [0.1, 0.15) is 6.33 Å². The summed E-state index contributed by atoms with van der Waals surface area (Å²) >= 11 is 0. The number of aromatic nitrogens is 3. The first-order chi connectivity index (χ1) is 8.16. The predicted molar refractivity (Wildman–Crippen MR) is 61.2 cm³/mol. The van der Waals surface area contributed by atoms with Crippen molar-refractivity contribution in [1.82, 2.24) is 14.9 Å². The average Bonchev–Trinajstić information content (AvgIpc) is 2.70. The fourth-order valence-corrected chi connectivity index (χ4v) is 1.11. The van der Waals surface area contributed by atoms with Crippen LogP contribution in [0.3, 0.4) is 0 Å². The number of rotatable bonds is 3. The topological polar surface area (TPSA) is 122 Å². The molecule has 88 valence electrons. The molecule has 2 rings (SSSR count). The van der Waals surface area contributed by atoms with Gasteiger partial charge in [0.25, 0.3) is 5.95 Å². The van der Waals surface area contributed by atoms with Gasteiger partial charge in [-0.3, -0.25) is 0 Å². The summed E-state index contributed by atoms with van der Waals surface area (Å²) in [5.74, 6) is 5.33. The highest BCUT2D eigenvalue weighted by Crippen LogP contribution is 2.23. The van der Waals surface area contributed by atoms with E-state index in [1.807, 2.05) is 0 Å². The van der Waals surface area contributed by atoms with Crippen molar-refractivity contribution in [3.63, 3.8) is 0 Å². The first-order valence-corrected chi connectivity index (χ1v) is 4.63. The highest BCUT2D eigenvalue weighted by atomic mass is 16.3. The van der Waals surface area contributed by atoms with Crippen LogP contribution < -0.4 is 11.3 Å². The summed E-state index contributed by atoms with van der Waals surface area (Å²) in [6.07, 6.45) is 2.76. The van der Waals surface area contributed by atoms with Crippen LogP contribution in [0.2, 0.25) is 0 Å². The zero-order valence-electron chi connectivity index (χ0n) is 8.65. The molecule has 0 aliphatic rings. The van der Waals surface area contributed by atoms with Crippen molar-refractivity contribution in [3.05, 3.63) is 30.1 Å². The Morgan fingerprint density at radius 3 is 2.82 bits per heavy atom. The Kier molecular flexibility index (Phi) is 2.77. The highest BCUT2D eigenvalue weighted by molar-refractivity contribution is 5.81. The molecule has 0 atom stereocenters. The van der Waals surface area contributed by atoms with Gasteiger partial charge in [0.2, 0.25) is 0 Å². The standard InChI is InChI=1S/C9H10N6O2/c10-15-5-12-14-9(15)13-11-4-6-1-2-7(16)8(17)3-6/h1-5,16-17H,10H2,(H,13,14)/b11-4+. The van der Waals surface area contributed by atoms with E-state index >= 15 is 0 Å². The molecule has 0 radical (unpaired) electrons. The van der Waals surface area contributed by atoms with Crippen LogP contribution in [0, 0.1) is 0 Å². The second-order valence-electron chi connectivity index (χ2n) is 3.18. The molecule has 0 amide bonds. The molecule has 0 aliphatic heterocycles.